The van der Waals surface area contributed by atoms with Gasteiger partial charge < -0.3 is 24.8 Å². The smallest absolute Gasteiger partial charge is 0.265 e. The number of para-hydroxylation sites is 1. The molecule has 216 valence electrons. The van der Waals surface area contributed by atoms with Gasteiger partial charge in [-0.3, -0.25) is 15.0 Å². The van der Waals surface area contributed by atoms with Crippen LogP contribution in [0, 0.1) is 5.41 Å². The Bertz CT molecular complexity index is 1410. The van der Waals surface area contributed by atoms with E-state index in [1.165, 1.54) is 0 Å². The Morgan fingerprint density at radius 2 is 1.80 bits per heavy atom. The summed E-state index contributed by atoms with van der Waals surface area (Å²) in [7, 11) is 5.40. The monoisotopic (exact) mass is 558 g/mol. The largest absolute Gasteiger partial charge is 0.495 e. The number of hydrogen-bond donors (Lipinski definition) is 2. The molecule has 3 heterocycles. The summed E-state index contributed by atoms with van der Waals surface area (Å²) in [6.07, 6.45) is 2.35. The highest BCUT2D eigenvalue weighted by molar-refractivity contribution is 6.02. The minimum Gasteiger partial charge on any atom is -0.495 e. The van der Waals surface area contributed by atoms with E-state index in [1.54, 1.807) is 43.5 Å². The lowest BCUT2D eigenvalue weighted by Crippen LogP contribution is -2.52. The van der Waals surface area contributed by atoms with Crippen molar-refractivity contribution in [3.63, 3.8) is 0 Å². The van der Waals surface area contributed by atoms with Gasteiger partial charge >= 0.3 is 0 Å². The SMILES string of the molecule is CCC1(C)CN(c2ccccc2)c2nc(Nc3ccc(C(=O)NN4CCN(C)CC4)cc3OC)ncc2N(C)C1=O. The van der Waals surface area contributed by atoms with E-state index < -0.39 is 5.41 Å². The highest BCUT2D eigenvalue weighted by Gasteiger charge is 2.41. The van der Waals surface area contributed by atoms with E-state index in [0.717, 1.165) is 31.9 Å². The zero-order valence-corrected chi connectivity index (χ0v) is 24.3. The van der Waals surface area contributed by atoms with Crippen molar-refractivity contribution in [2.45, 2.75) is 20.3 Å². The molecule has 0 radical (unpaired) electrons. The maximum absolute atomic E-state index is 13.5. The molecule has 1 saturated heterocycles. The van der Waals surface area contributed by atoms with E-state index in [-0.39, 0.29) is 11.8 Å². The van der Waals surface area contributed by atoms with Gasteiger partial charge in [-0.05, 0) is 50.7 Å². The first kappa shape index (κ1) is 28.3. The molecule has 2 aliphatic heterocycles. The number of likely N-dealkylation sites (N-methyl/N-ethyl adjacent to an activating group) is 1. The number of nitrogens with one attached hydrogen (secondary N) is 2. The van der Waals surface area contributed by atoms with Crippen molar-refractivity contribution in [2.24, 2.45) is 5.41 Å². The Kier molecular flexibility index (Phi) is 8.09. The summed E-state index contributed by atoms with van der Waals surface area (Å²) in [5.41, 5.74) is 5.05. The van der Waals surface area contributed by atoms with Gasteiger partial charge in [0.1, 0.15) is 11.4 Å². The quantitative estimate of drug-likeness (QED) is 0.449. The topological polar surface area (TPSA) is 106 Å². The van der Waals surface area contributed by atoms with Crippen molar-refractivity contribution >= 4 is 40.6 Å². The van der Waals surface area contributed by atoms with Crippen molar-refractivity contribution in [3.05, 3.63) is 60.3 Å². The second kappa shape index (κ2) is 11.7. The molecule has 0 spiro atoms. The fraction of sp³-hybridized carbons (Fsp3) is 0.400. The predicted octanol–water partition coefficient (Wildman–Crippen LogP) is 3.65. The third-order valence-electron chi connectivity index (χ3n) is 8.02. The number of hydrogen-bond acceptors (Lipinski definition) is 9. The summed E-state index contributed by atoms with van der Waals surface area (Å²) in [4.78, 5) is 41.8. The van der Waals surface area contributed by atoms with Crippen LogP contribution in [-0.4, -0.2) is 85.6 Å². The van der Waals surface area contributed by atoms with Crippen LogP contribution in [0.2, 0.25) is 0 Å². The molecule has 0 bridgehead atoms. The minimum atomic E-state index is -0.609. The Morgan fingerprint density at radius 3 is 2.49 bits per heavy atom. The molecule has 2 N–H and O–H groups in total. The van der Waals surface area contributed by atoms with Crippen molar-refractivity contribution < 1.29 is 14.3 Å². The first-order valence-electron chi connectivity index (χ1n) is 13.9. The van der Waals surface area contributed by atoms with Crippen LogP contribution in [0.1, 0.15) is 30.6 Å². The van der Waals surface area contributed by atoms with Crippen LogP contribution in [-0.2, 0) is 4.79 Å². The fourth-order valence-corrected chi connectivity index (χ4v) is 5.13. The lowest BCUT2D eigenvalue weighted by atomic mass is 9.85. The number of carbonyl (C=O) groups is 2. The first-order valence-corrected chi connectivity index (χ1v) is 13.9. The number of benzene rings is 2. The Labute approximate surface area is 241 Å². The molecular weight excluding hydrogens is 520 g/mol. The molecule has 1 unspecified atom stereocenters. The number of ether oxygens (including phenoxy) is 1. The summed E-state index contributed by atoms with van der Waals surface area (Å²) in [6.45, 7) is 7.84. The van der Waals surface area contributed by atoms with Crippen LogP contribution in [0.25, 0.3) is 0 Å². The van der Waals surface area contributed by atoms with Crippen LogP contribution in [0.5, 0.6) is 5.75 Å². The third-order valence-corrected chi connectivity index (χ3v) is 8.02. The number of carbonyl (C=O) groups excluding carboxylic acids is 2. The van der Waals surface area contributed by atoms with Gasteiger partial charge in [0.05, 0.1) is 24.4 Å². The molecule has 11 heteroatoms. The number of piperazine rings is 1. The van der Waals surface area contributed by atoms with E-state index in [0.29, 0.717) is 47.4 Å². The van der Waals surface area contributed by atoms with Crippen LogP contribution < -0.4 is 25.3 Å². The number of hydrazine groups is 1. The molecule has 0 saturated carbocycles. The maximum atomic E-state index is 13.5. The number of fused-ring (bicyclic) bond motifs is 1. The van der Waals surface area contributed by atoms with Gasteiger partial charge in [-0.1, -0.05) is 25.1 Å². The molecule has 2 aromatic carbocycles. The first-order chi connectivity index (χ1) is 19.7. The van der Waals surface area contributed by atoms with E-state index in [2.05, 4.69) is 32.6 Å². The van der Waals surface area contributed by atoms with E-state index >= 15 is 0 Å². The summed E-state index contributed by atoms with van der Waals surface area (Å²) in [5.74, 6) is 1.30. The van der Waals surface area contributed by atoms with Crippen LogP contribution in [0.3, 0.4) is 0 Å². The predicted molar refractivity (Wildman–Crippen MR) is 160 cm³/mol. The molecule has 1 atom stereocenters. The third kappa shape index (κ3) is 5.82. The molecule has 0 aliphatic carbocycles. The van der Waals surface area contributed by atoms with Crippen LogP contribution >= 0.6 is 0 Å². The van der Waals surface area contributed by atoms with Crippen molar-refractivity contribution in [1.82, 2.24) is 25.3 Å². The lowest BCUT2D eigenvalue weighted by molar-refractivity contribution is -0.126. The van der Waals surface area contributed by atoms with E-state index in [4.69, 9.17) is 9.72 Å². The Balaban J connectivity index is 1.43. The Hall–Kier alpha value is -4.22. The molecule has 5 rings (SSSR count). The van der Waals surface area contributed by atoms with Gasteiger partial charge in [-0.25, -0.2) is 9.99 Å². The summed E-state index contributed by atoms with van der Waals surface area (Å²) < 4.78 is 5.63. The van der Waals surface area contributed by atoms with Gasteiger partial charge in [0, 0.05) is 51.0 Å². The van der Waals surface area contributed by atoms with Gasteiger partial charge in [0.25, 0.3) is 5.91 Å². The number of anilines is 5. The molecule has 3 aromatic rings. The number of aromatic nitrogens is 2. The average Bonchev–Trinajstić information content (AvgIpc) is 3.08. The van der Waals surface area contributed by atoms with E-state index in [1.807, 2.05) is 49.2 Å². The zero-order valence-electron chi connectivity index (χ0n) is 24.3. The van der Waals surface area contributed by atoms with Crippen molar-refractivity contribution in [2.75, 3.05) is 69.0 Å². The highest BCUT2D eigenvalue weighted by Crippen LogP contribution is 2.42. The number of methoxy groups -OCH3 is 1. The van der Waals surface area contributed by atoms with Crippen molar-refractivity contribution in [1.29, 1.82) is 0 Å². The number of amides is 2. The van der Waals surface area contributed by atoms with Gasteiger partial charge in [-0.2, -0.15) is 4.98 Å². The summed E-state index contributed by atoms with van der Waals surface area (Å²) in [5, 5.41) is 5.19. The molecule has 1 aromatic heterocycles. The molecule has 2 aliphatic rings. The van der Waals surface area contributed by atoms with E-state index in [9.17, 15) is 9.59 Å². The summed E-state index contributed by atoms with van der Waals surface area (Å²) in [6, 6.07) is 15.2. The summed E-state index contributed by atoms with van der Waals surface area (Å²) >= 11 is 0. The second-order valence-electron chi connectivity index (χ2n) is 10.9. The molecular formula is C30H38N8O3. The molecule has 41 heavy (non-hydrogen) atoms. The standard InChI is InChI=1S/C30H38N8O3/c1-6-30(2)20-38(22-10-8-7-9-11-22)26-24(36(4)28(30)40)19-31-29(33-26)32-23-13-12-21(18-25(23)41-5)27(39)34-37-16-14-35(3)15-17-37/h7-13,18-19H,6,14-17,20H2,1-5H3,(H,34,39)(H,31,32,33). The zero-order chi connectivity index (χ0) is 29.1. The normalized spacial score (nSPS) is 19.9. The minimum absolute atomic E-state index is 0.0242. The second-order valence-corrected chi connectivity index (χ2v) is 10.9. The Morgan fingerprint density at radius 1 is 1.07 bits per heavy atom. The molecule has 2 amide bonds. The van der Waals surface area contributed by atoms with Gasteiger partial charge in [0.15, 0.2) is 5.82 Å². The number of nitrogens with zero attached hydrogens (tertiary/aromatic N) is 6. The lowest BCUT2D eigenvalue weighted by Gasteiger charge is -2.32. The van der Waals surface area contributed by atoms with Crippen LogP contribution in [0.15, 0.2) is 54.7 Å². The fourth-order valence-electron chi connectivity index (χ4n) is 5.13. The molecule has 1 fully saturated rings. The number of rotatable bonds is 7. The van der Waals surface area contributed by atoms with Crippen molar-refractivity contribution in [3.8, 4) is 5.75 Å². The van der Waals surface area contributed by atoms with Gasteiger partial charge in [-0.15, -0.1) is 0 Å². The molecule has 11 nitrogen and oxygen atoms in total. The average molecular weight is 559 g/mol. The van der Waals surface area contributed by atoms with Gasteiger partial charge in [0.2, 0.25) is 11.9 Å². The van der Waals surface area contributed by atoms with Crippen LogP contribution in [0.4, 0.5) is 28.8 Å². The maximum Gasteiger partial charge on any atom is 0.265 e. The highest BCUT2D eigenvalue weighted by atomic mass is 16.5.